The lowest BCUT2D eigenvalue weighted by atomic mass is 9.97. The zero-order valence-electron chi connectivity index (χ0n) is 18.0. The van der Waals surface area contributed by atoms with Crippen molar-refractivity contribution in [3.05, 3.63) is 60.2 Å². The van der Waals surface area contributed by atoms with Crippen LogP contribution in [0.5, 0.6) is 5.75 Å². The van der Waals surface area contributed by atoms with Gasteiger partial charge in [0.05, 0.1) is 4.90 Å². The van der Waals surface area contributed by atoms with Crippen molar-refractivity contribution < 1.29 is 17.9 Å². The molecule has 168 valence electrons. The largest absolute Gasteiger partial charge is 0.484 e. The molecule has 1 saturated carbocycles. The molecule has 0 unspecified atom stereocenters. The van der Waals surface area contributed by atoms with E-state index in [1.165, 1.54) is 31.4 Å². The average Bonchev–Trinajstić information content (AvgIpc) is 2.75. The predicted octanol–water partition coefficient (Wildman–Crippen LogP) is 4.33. The summed E-state index contributed by atoms with van der Waals surface area (Å²) in [5.41, 5.74) is 0.890. The molecular formula is C24H32N2O4S. The van der Waals surface area contributed by atoms with Crippen LogP contribution in [0.25, 0.3) is 0 Å². The molecule has 0 radical (unpaired) electrons. The van der Waals surface area contributed by atoms with Gasteiger partial charge in [0, 0.05) is 12.1 Å². The highest BCUT2D eigenvalue weighted by Gasteiger charge is 2.19. The zero-order valence-corrected chi connectivity index (χ0v) is 18.9. The number of sulfonamides is 1. The van der Waals surface area contributed by atoms with E-state index in [2.05, 4.69) is 10.0 Å². The Bertz CT molecular complexity index is 922. The number of ether oxygens (including phenoxy) is 1. The Kier molecular flexibility index (Phi) is 8.49. The number of nitrogens with one attached hydrogen (secondary N) is 2. The Morgan fingerprint density at radius 2 is 1.58 bits per heavy atom. The van der Waals surface area contributed by atoms with Crippen LogP contribution in [0.3, 0.4) is 0 Å². The van der Waals surface area contributed by atoms with E-state index in [4.69, 9.17) is 4.74 Å². The molecule has 6 nitrogen and oxygen atoms in total. The fourth-order valence-electron chi connectivity index (χ4n) is 3.84. The topological polar surface area (TPSA) is 84.5 Å². The quantitative estimate of drug-likeness (QED) is 0.635. The van der Waals surface area contributed by atoms with Crippen LogP contribution in [-0.2, 0) is 14.8 Å². The first-order valence-electron chi connectivity index (χ1n) is 11.0. The SMILES string of the molecule is C[C@@H](NS(=O)(=O)c1ccc(OCC(=O)NC2CCCCCCC2)cc1)c1ccccc1. The minimum atomic E-state index is -3.67. The highest BCUT2D eigenvalue weighted by atomic mass is 32.2. The van der Waals surface area contributed by atoms with Crippen molar-refractivity contribution in [2.24, 2.45) is 0 Å². The maximum absolute atomic E-state index is 12.7. The van der Waals surface area contributed by atoms with Gasteiger partial charge in [-0.15, -0.1) is 0 Å². The van der Waals surface area contributed by atoms with Crippen LogP contribution in [0.2, 0.25) is 0 Å². The Balaban J connectivity index is 1.50. The third-order valence-electron chi connectivity index (χ3n) is 5.61. The van der Waals surface area contributed by atoms with E-state index in [0.717, 1.165) is 31.2 Å². The van der Waals surface area contributed by atoms with Crippen LogP contribution in [0, 0.1) is 0 Å². The minimum absolute atomic E-state index is 0.0775. The standard InChI is InChI=1S/C24H32N2O4S/c1-19(20-10-6-5-7-11-20)26-31(28,29)23-16-14-22(15-17-23)30-18-24(27)25-21-12-8-3-2-4-9-13-21/h5-7,10-11,14-17,19,21,26H,2-4,8-9,12-13,18H2,1H3,(H,25,27)/t19-/m1/s1. The molecule has 0 aromatic heterocycles. The van der Waals surface area contributed by atoms with Crippen LogP contribution in [-0.4, -0.2) is 27.0 Å². The van der Waals surface area contributed by atoms with Crippen molar-refractivity contribution in [3.63, 3.8) is 0 Å². The molecule has 0 bridgehead atoms. The summed E-state index contributed by atoms with van der Waals surface area (Å²) in [7, 11) is -3.67. The van der Waals surface area contributed by atoms with Crippen molar-refractivity contribution in [3.8, 4) is 5.75 Å². The third-order valence-corrected chi connectivity index (χ3v) is 7.16. The van der Waals surface area contributed by atoms with E-state index in [0.29, 0.717) is 5.75 Å². The summed E-state index contributed by atoms with van der Waals surface area (Å²) in [6.45, 7) is 1.73. The minimum Gasteiger partial charge on any atom is -0.484 e. The van der Waals surface area contributed by atoms with E-state index in [1.54, 1.807) is 19.1 Å². The maximum atomic E-state index is 12.7. The van der Waals surface area contributed by atoms with E-state index in [1.807, 2.05) is 30.3 Å². The van der Waals surface area contributed by atoms with Gasteiger partial charge in [0.25, 0.3) is 5.91 Å². The number of benzene rings is 2. The van der Waals surface area contributed by atoms with Gasteiger partial charge in [0.15, 0.2) is 6.61 Å². The number of rotatable bonds is 8. The Morgan fingerprint density at radius 3 is 2.23 bits per heavy atom. The number of hydrogen-bond donors (Lipinski definition) is 2. The first-order valence-corrected chi connectivity index (χ1v) is 12.5. The molecule has 2 aromatic carbocycles. The smallest absolute Gasteiger partial charge is 0.258 e. The maximum Gasteiger partial charge on any atom is 0.258 e. The van der Waals surface area contributed by atoms with Crippen LogP contribution in [0.4, 0.5) is 0 Å². The van der Waals surface area contributed by atoms with Crippen LogP contribution in [0.1, 0.15) is 63.5 Å². The summed E-state index contributed by atoms with van der Waals surface area (Å²) in [6, 6.07) is 15.4. The fourth-order valence-corrected chi connectivity index (χ4v) is 5.08. The molecule has 1 atom stereocenters. The first kappa shape index (κ1) is 23.3. The van der Waals surface area contributed by atoms with Gasteiger partial charge in [-0.25, -0.2) is 13.1 Å². The monoisotopic (exact) mass is 444 g/mol. The van der Waals surface area contributed by atoms with Gasteiger partial charge < -0.3 is 10.1 Å². The molecule has 0 saturated heterocycles. The van der Waals surface area contributed by atoms with E-state index >= 15 is 0 Å². The summed E-state index contributed by atoms with van der Waals surface area (Å²) in [5, 5.41) is 3.06. The molecule has 2 N–H and O–H groups in total. The molecule has 1 aliphatic rings. The number of amides is 1. The Hall–Kier alpha value is -2.38. The lowest BCUT2D eigenvalue weighted by Gasteiger charge is -2.21. The average molecular weight is 445 g/mol. The van der Waals surface area contributed by atoms with E-state index in [9.17, 15) is 13.2 Å². The number of carbonyl (C=O) groups is 1. The molecule has 1 amide bonds. The Labute approximate surface area is 185 Å². The third kappa shape index (κ3) is 7.36. The van der Waals surface area contributed by atoms with Crippen molar-refractivity contribution in [2.45, 2.75) is 68.8 Å². The van der Waals surface area contributed by atoms with Crippen molar-refractivity contribution in [1.82, 2.24) is 10.0 Å². The van der Waals surface area contributed by atoms with Crippen molar-refractivity contribution in [1.29, 1.82) is 0 Å². The van der Waals surface area contributed by atoms with Crippen LogP contribution >= 0.6 is 0 Å². The van der Waals surface area contributed by atoms with Gasteiger partial charge in [-0.2, -0.15) is 0 Å². The Morgan fingerprint density at radius 1 is 0.968 bits per heavy atom. The highest BCUT2D eigenvalue weighted by molar-refractivity contribution is 7.89. The van der Waals surface area contributed by atoms with E-state index < -0.39 is 10.0 Å². The molecule has 0 spiro atoms. The number of hydrogen-bond acceptors (Lipinski definition) is 4. The van der Waals surface area contributed by atoms with Gasteiger partial charge in [-0.1, -0.05) is 62.4 Å². The second kappa shape index (κ2) is 11.3. The van der Waals surface area contributed by atoms with Gasteiger partial charge in [-0.3, -0.25) is 4.79 Å². The summed E-state index contributed by atoms with van der Waals surface area (Å²) in [5.74, 6) is 0.323. The molecule has 1 aliphatic carbocycles. The normalized spacial score (nSPS) is 16.7. The zero-order chi connectivity index (χ0) is 22.1. The second-order valence-electron chi connectivity index (χ2n) is 8.12. The molecule has 31 heavy (non-hydrogen) atoms. The van der Waals surface area contributed by atoms with Gasteiger partial charge in [0.2, 0.25) is 10.0 Å². The van der Waals surface area contributed by atoms with E-state index in [-0.39, 0.29) is 29.5 Å². The van der Waals surface area contributed by atoms with Gasteiger partial charge in [0.1, 0.15) is 5.75 Å². The summed E-state index contributed by atoms with van der Waals surface area (Å²) >= 11 is 0. The molecule has 1 fully saturated rings. The second-order valence-corrected chi connectivity index (χ2v) is 9.84. The first-order chi connectivity index (χ1) is 14.9. The number of carbonyl (C=O) groups excluding carboxylic acids is 1. The molecule has 0 aliphatic heterocycles. The molecule has 3 rings (SSSR count). The predicted molar refractivity (Wildman–Crippen MR) is 121 cm³/mol. The summed E-state index contributed by atoms with van der Waals surface area (Å²) < 4.78 is 33.5. The molecular weight excluding hydrogens is 412 g/mol. The van der Waals surface area contributed by atoms with Crippen molar-refractivity contribution in [2.75, 3.05) is 6.61 Å². The fraction of sp³-hybridized carbons (Fsp3) is 0.458. The van der Waals surface area contributed by atoms with Gasteiger partial charge in [-0.05, 0) is 49.6 Å². The molecule has 0 heterocycles. The summed E-state index contributed by atoms with van der Waals surface area (Å²) in [6.07, 6.45) is 8.10. The van der Waals surface area contributed by atoms with Gasteiger partial charge >= 0.3 is 0 Å². The highest BCUT2D eigenvalue weighted by Crippen LogP contribution is 2.20. The molecule has 2 aromatic rings. The lowest BCUT2D eigenvalue weighted by molar-refractivity contribution is -0.123. The van der Waals surface area contributed by atoms with Crippen LogP contribution in [0.15, 0.2) is 59.5 Å². The van der Waals surface area contributed by atoms with Crippen molar-refractivity contribution >= 4 is 15.9 Å². The molecule has 7 heteroatoms. The van der Waals surface area contributed by atoms with Crippen LogP contribution < -0.4 is 14.8 Å². The summed E-state index contributed by atoms with van der Waals surface area (Å²) in [4.78, 5) is 12.4. The lowest BCUT2D eigenvalue weighted by Crippen LogP contribution is -2.38.